The summed E-state index contributed by atoms with van der Waals surface area (Å²) in [6.45, 7) is 11.2. The SMILES string of the molecule is CN=C(NCc1nc(C)c(C)s1)NCC(c1ccc(C)cc1)N1CCOCC1. The molecule has 0 bridgehead atoms. The maximum Gasteiger partial charge on any atom is 0.191 e. The summed E-state index contributed by atoms with van der Waals surface area (Å²) in [6.07, 6.45) is 0. The number of hydrogen-bond donors (Lipinski definition) is 2. The van der Waals surface area contributed by atoms with Gasteiger partial charge in [-0.2, -0.15) is 0 Å². The summed E-state index contributed by atoms with van der Waals surface area (Å²) in [6, 6.07) is 9.11. The Morgan fingerprint density at radius 3 is 2.50 bits per heavy atom. The molecule has 0 spiro atoms. The third-order valence-corrected chi connectivity index (χ3v) is 6.19. The number of guanidine groups is 1. The Kier molecular flexibility index (Phi) is 7.42. The molecule has 28 heavy (non-hydrogen) atoms. The second-order valence-electron chi connectivity index (χ2n) is 7.13. The first-order chi connectivity index (χ1) is 13.6. The van der Waals surface area contributed by atoms with Gasteiger partial charge >= 0.3 is 0 Å². The van der Waals surface area contributed by atoms with Crippen molar-refractivity contribution in [2.45, 2.75) is 33.4 Å². The van der Waals surface area contributed by atoms with Crippen LogP contribution in [0.1, 0.15) is 32.7 Å². The highest BCUT2D eigenvalue weighted by molar-refractivity contribution is 7.11. The molecule has 0 saturated carbocycles. The lowest BCUT2D eigenvalue weighted by atomic mass is 10.0. The second kappa shape index (κ2) is 10.0. The van der Waals surface area contributed by atoms with Gasteiger partial charge in [0.05, 0.1) is 31.5 Å². The molecular weight excluding hydrogens is 370 g/mol. The second-order valence-corrected chi connectivity index (χ2v) is 8.42. The van der Waals surface area contributed by atoms with E-state index in [4.69, 9.17) is 4.74 Å². The van der Waals surface area contributed by atoms with Gasteiger partial charge in [0.1, 0.15) is 5.01 Å². The van der Waals surface area contributed by atoms with Gasteiger partial charge in [-0.15, -0.1) is 11.3 Å². The normalized spacial score (nSPS) is 16.8. The van der Waals surface area contributed by atoms with E-state index in [1.54, 1.807) is 11.3 Å². The molecule has 6 nitrogen and oxygen atoms in total. The molecule has 1 aliphatic heterocycles. The van der Waals surface area contributed by atoms with Gasteiger partial charge < -0.3 is 15.4 Å². The van der Waals surface area contributed by atoms with Crippen molar-refractivity contribution >= 4 is 17.3 Å². The first-order valence-electron chi connectivity index (χ1n) is 9.82. The molecule has 2 aromatic rings. The zero-order valence-corrected chi connectivity index (χ0v) is 18.1. The fourth-order valence-electron chi connectivity index (χ4n) is 3.32. The molecule has 2 heterocycles. The number of nitrogens with zero attached hydrogens (tertiary/aromatic N) is 3. The fourth-order valence-corrected chi connectivity index (χ4v) is 4.20. The van der Waals surface area contributed by atoms with Crippen LogP contribution in [0.15, 0.2) is 29.3 Å². The molecule has 1 aliphatic rings. The molecule has 3 rings (SSSR count). The predicted molar refractivity (Wildman–Crippen MR) is 116 cm³/mol. The third kappa shape index (κ3) is 5.53. The average molecular weight is 402 g/mol. The number of rotatable bonds is 6. The molecule has 2 N–H and O–H groups in total. The van der Waals surface area contributed by atoms with E-state index in [-0.39, 0.29) is 6.04 Å². The lowest BCUT2D eigenvalue weighted by Gasteiger charge is -2.35. The number of nitrogens with one attached hydrogen (secondary N) is 2. The van der Waals surface area contributed by atoms with Crippen molar-refractivity contribution in [2.75, 3.05) is 39.9 Å². The topological polar surface area (TPSA) is 61.8 Å². The van der Waals surface area contributed by atoms with Crippen LogP contribution in [-0.2, 0) is 11.3 Å². The van der Waals surface area contributed by atoms with Crippen LogP contribution >= 0.6 is 11.3 Å². The Labute approximate surface area is 172 Å². The summed E-state index contributed by atoms with van der Waals surface area (Å²) in [5.41, 5.74) is 3.71. The highest BCUT2D eigenvalue weighted by Crippen LogP contribution is 2.22. The van der Waals surface area contributed by atoms with Gasteiger partial charge in [0, 0.05) is 31.6 Å². The van der Waals surface area contributed by atoms with Gasteiger partial charge in [-0.05, 0) is 26.3 Å². The number of ether oxygens (including phenoxy) is 1. The first-order valence-corrected chi connectivity index (χ1v) is 10.6. The van der Waals surface area contributed by atoms with Gasteiger partial charge in [0.25, 0.3) is 0 Å². The van der Waals surface area contributed by atoms with E-state index >= 15 is 0 Å². The van der Waals surface area contributed by atoms with E-state index in [1.165, 1.54) is 16.0 Å². The molecule has 152 valence electrons. The molecule has 1 aromatic carbocycles. The number of thiazole rings is 1. The number of benzene rings is 1. The van der Waals surface area contributed by atoms with Crippen molar-refractivity contribution in [3.63, 3.8) is 0 Å². The van der Waals surface area contributed by atoms with Crippen LogP contribution in [0.2, 0.25) is 0 Å². The molecule has 1 unspecified atom stereocenters. The summed E-state index contributed by atoms with van der Waals surface area (Å²) < 4.78 is 5.55. The van der Waals surface area contributed by atoms with Crippen molar-refractivity contribution in [3.8, 4) is 0 Å². The summed E-state index contributed by atoms with van der Waals surface area (Å²) in [7, 11) is 1.81. The summed E-state index contributed by atoms with van der Waals surface area (Å²) in [5.74, 6) is 0.802. The third-order valence-electron chi connectivity index (χ3n) is 5.11. The Bertz CT molecular complexity index is 761. The number of aryl methyl sites for hydroxylation is 3. The van der Waals surface area contributed by atoms with Crippen LogP contribution in [0.5, 0.6) is 0 Å². The van der Waals surface area contributed by atoms with Gasteiger partial charge in [0.2, 0.25) is 0 Å². The Hall–Kier alpha value is -1.96. The Morgan fingerprint density at radius 2 is 1.89 bits per heavy atom. The molecular formula is C21H31N5OS. The molecule has 0 radical (unpaired) electrons. The van der Waals surface area contributed by atoms with Gasteiger partial charge in [-0.25, -0.2) is 4.98 Å². The quantitative estimate of drug-likeness (QED) is 0.576. The predicted octanol–water partition coefficient (Wildman–Crippen LogP) is 2.81. The zero-order chi connectivity index (χ0) is 19.9. The van der Waals surface area contributed by atoms with Crippen molar-refractivity contribution in [2.24, 2.45) is 4.99 Å². The molecule has 0 aliphatic carbocycles. The highest BCUT2D eigenvalue weighted by Gasteiger charge is 2.23. The van der Waals surface area contributed by atoms with Crippen LogP contribution in [0, 0.1) is 20.8 Å². The molecule has 1 aromatic heterocycles. The standard InChI is InChI=1S/C21H31N5OS/c1-15-5-7-18(8-6-15)19(26-9-11-27-12-10-26)13-23-21(22-4)24-14-20-25-16(2)17(3)28-20/h5-8,19H,9-14H2,1-4H3,(H2,22,23,24). The van der Waals surface area contributed by atoms with Crippen LogP contribution in [0.3, 0.4) is 0 Å². The monoisotopic (exact) mass is 401 g/mol. The van der Waals surface area contributed by atoms with Crippen molar-refractivity contribution < 1.29 is 4.74 Å². The summed E-state index contributed by atoms with van der Waals surface area (Å²) in [5, 5.41) is 7.98. The van der Waals surface area contributed by atoms with Crippen LogP contribution < -0.4 is 10.6 Å². The van der Waals surface area contributed by atoms with Crippen molar-refractivity contribution in [3.05, 3.63) is 51.0 Å². The number of hydrogen-bond acceptors (Lipinski definition) is 5. The van der Waals surface area contributed by atoms with E-state index in [0.717, 1.165) is 49.5 Å². The minimum Gasteiger partial charge on any atom is -0.379 e. The smallest absolute Gasteiger partial charge is 0.191 e. The minimum atomic E-state index is 0.285. The largest absolute Gasteiger partial charge is 0.379 e. The van der Waals surface area contributed by atoms with E-state index in [1.807, 2.05) is 7.05 Å². The molecule has 1 atom stereocenters. The first kappa shape index (κ1) is 20.8. The van der Waals surface area contributed by atoms with Crippen LogP contribution in [-0.4, -0.2) is 55.7 Å². The summed E-state index contributed by atoms with van der Waals surface area (Å²) in [4.78, 5) is 12.7. The zero-order valence-electron chi connectivity index (χ0n) is 17.3. The lowest BCUT2D eigenvalue weighted by Crippen LogP contribution is -2.46. The van der Waals surface area contributed by atoms with Crippen LogP contribution in [0.4, 0.5) is 0 Å². The van der Waals surface area contributed by atoms with E-state index < -0.39 is 0 Å². The fraction of sp³-hybridized carbons (Fsp3) is 0.524. The average Bonchev–Trinajstić information content (AvgIpc) is 3.04. The molecule has 7 heteroatoms. The van der Waals surface area contributed by atoms with E-state index in [2.05, 4.69) is 70.5 Å². The van der Waals surface area contributed by atoms with Crippen molar-refractivity contribution in [1.29, 1.82) is 0 Å². The maximum atomic E-state index is 5.55. The molecule has 0 amide bonds. The van der Waals surface area contributed by atoms with Gasteiger partial charge in [-0.1, -0.05) is 29.8 Å². The van der Waals surface area contributed by atoms with E-state index in [0.29, 0.717) is 6.54 Å². The number of aromatic nitrogens is 1. The molecule has 1 saturated heterocycles. The lowest BCUT2D eigenvalue weighted by molar-refractivity contribution is 0.0170. The van der Waals surface area contributed by atoms with Crippen molar-refractivity contribution in [1.82, 2.24) is 20.5 Å². The highest BCUT2D eigenvalue weighted by atomic mass is 32.1. The maximum absolute atomic E-state index is 5.55. The number of morpholine rings is 1. The minimum absolute atomic E-state index is 0.285. The Morgan fingerprint density at radius 1 is 1.18 bits per heavy atom. The Balaban J connectivity index is 1.62. The van der Waals surface area contributed by atoms with E-state index in [9.17, 15) is 0 Å². The summed E-state index contributed by atoms with van der Waals surface area (Å²) >= 11 is 1.73. The van der Waals surface area contributed by atoms with Gasteiger partial charge in [-0.3, -0.25) is 9.89 Å². The molecule has 1 fully saturated rings. The van der Waals surface area contributed by atoms with Gasteiger partial charge in [0.15, 0.2) is 5.96 Å². The number of aliphatic imine (C=N–C) groups is 1. The van der Waals surface area contributed by atoms with Crippen LogP contribution in [0.25, 0.3) is 0 Å².